The first-order chi connectivity index (χ1) is 8.21. The molecule has 0 unspecified atom stereocenters. The quantitative estimate of drug-likeness (QED) is 0.771. The van der Waals surface area contributed by atoms with Crippen molar-refractivity contribution < 1.29 is 4.79 Å². The number of carbonyl (C=O) groups excluding carboxylic acids is 1. The molecule has 100 valence electrons. The normalized spacial score (nSPS) is 28.3. The van der Waals surface area contributed by atoms with E-state index >= 15 is 0 Å². The van der Waals surface area contributed by atoms with Gasteiger partial charge >= 0.3 is 0 Å². The van der Waals surface area contributed by atoms with Crippen LogP contribution in [0.1, 0.15) is 41.0 Å². The number of rotatable bonds is 1. The molecule has 0 aromatic heterocycles. The summed E-state index contributed by atoms with van der Waals surface area (Å²) in [6.07, 6.45) is 0.764. The van der Waals surface area contributed by atoms with Crippen molar-refractivity contribution in [3.8, 4) is 0 Å². The second kappa shape index (κ2) is 4.11. The Bertz CT molecular complexity index is 442. The molecule has 2 atom stereocenters. The topological polar surface area (TPSA) is 58.7 Å². The first-order valence-corrected chi connectivity index (χ1v) is 6.52. The van der Waals surface area contributed by atoms with Crippen LogP contribution < -0.4 is 5.73 Å². The lowest BCUT2D eigenvalue weighted by Gasteiger charge is -2.36. The molecule has 0 spiro atoms. The van der Waals surface area contributed by atoms with Gasteiger partial charge < -0.3 is 10.6 Å². The summed E-state index contributed by atoms with van der Waals surface area (Å²) in [5.74, 6) is 0.739. The maximum Gasteiger partial charge on any atom is 0.222 e. The number of carbonyl (C=O) groups is 1. The number of primary amides is 1. The van der Waals surface area contributed by atoms with E-state index in [4.69, 9.17) is 10.7 Å². The zero-order chi connectivity index (χ0) is 13.7. The highest BCUT2D eigenvalue weighted by atomic mass is 16.1. The highest BCUT2D eigenvalue weighted by Crippen LogP contribution is 2.39. The van der Waals surface area contributed by atoms with Crippen LogP contribution in [-0.4, -0.2) is 29.2 Å². The van der Waals surface area contributed by atoms with Crippen LogP contribution in [0.4, 0.5) is 0 Å². The van der Waals surface area contributed by atoms with Crippen LogP contribution >= 0.6 is 0 Å². The molecule has 0 radical (unpaired) electrons. The molecular formula is C14H23N3O. The van der Waals surface area contributed by atoms with Crippen molar-refractivity contribution in [3.63, 3.8) is 0 Å². The van der Waals surface area contributed by atoms with Gasteiger partial charge in [-0.05, 0) is 24.8 Å². The summed E-state index contributed by atoms with van der Waals surface area (Å²) in [5, 5.41) is 0. The van der Waals surface area contributed by atoms with Gasteiger partial charge in [0.15, 0.2) is 0 Å². The summed E-state index contributed by atoms with van der Waals surface area (Å²) in [7, 11) is 0. The van der Waals surface area contributed by atoms with Gasteiger partial charge in [0, 0.05) is 18.7 Å². The fourth-order valence-electron chi connectivity index (χ4n) is 2.98. The second-order valence-electron chi connectivity index (χ2n) is 6.49. The minimum atomic E-state index is -0.204. The third kappa shape index (κ3) is 2.04. The Morgan fingerprint density at radius 2 is 2.00 bits per heavy atom. The Morgan fingerprint density at radius 3 is 2.50 bits per heavy atom. The van der Waals surface area contributed by atoms with Crippen LogP contribution in [0, 0.1) is 11.3 Å². The molecule has 4 nitrogen and oxygen atoms in total. The van der Waals surface area contributed by atoms with Crippen molar-refractivity contribution in [3.05, 3.63) is 11.3 Å². The van der Waals surface area contributed by atoms with Crippen molar-refractivity contribution in [2.24, 2.45) is 22.1 Å². The molecule has 2 N–H and O–H groups in total. The fourth-order valence-corrected chi connectivity index (χ4v) is 2.98. The summed E-state index contributed by atoms with van der Waals surface area (Å²) in [5.41, 5.74) is 8.09. The molecule has 1 saturated heterocycles. The molecule has 2 aliphatic rings. The van der Waals surface area contributed by atoms with E-state index in [1.807, 2.05) is 6.92 Å². The lowest BCUT2D eigenvalue weighted by Crippen LogP contribution is -2.38. The van der Waals surface area contributed by atoms with Gasteiger partial charge in [0.2, 0.25) is 5.91 Å². The molecule has 2 rings (SSSR count). The smallest absolute Gasteiger partial charge is 0.222 e. The van der Waals surface area contributed by atoms with Crippen LogP contribution in [0.15, 0.2) is 16.3 Å². The van der Waals surface area contributed by atoms with Gasteiger partial charge in [0.1, 0.15) is 5.84 Å². The summed E-state index contributed by atoms with van der Waals surface area (Å²) >= 11 is 0. The van der Waals surface area contributed by atoms with Crippen molar-refractivity contribution >= 4 is 11.7 Å². The predicted molar refractivity (Wildman–Crippen MR) is 73.1 cm³/mol. The molecule has 0 aromatic rings. The van der Waals surface area contributed by atoms with Gasteiger partial charge in [-0.25, -0.2) is 0 Å². The van der Waals surface area contributed by atoms with Crippen LogP contribution in [0.25, 0.3) is 0 Å². The molecule has 0 aromatic carbocycles. The Morgan fingerprint density at radius 1 is 1.39 bits per heavy atom. The van der Waals surface area contributed by atoms with Gasteiger partial charge in [-0.3, -0.25) is 9.79 Å². The summed E-state index contributed by atoms with van der Waals surface area (Å²) in [6.45, 7) is 11.5. The largest absolute Gasteiger partial charge is 0.369 e. The van der Waals surface area contributed by atoms with E-state index in [2.05, 4.69) is 32.6 Å². The molecule has 1 fully saturated rings. The number of fused-ring (bicyclic) bond motifs is 1. The van der Waals surface area contributed by atoms with Gasteiger partial charge in [-0.1, -0.05) is 20.8 Å². The molecule has 0 aliphatic carbocycles. The van der Waals surface area contributed by atoms with E-state index in [0.717, 1.165) is 12.3 Å². The molecule has 18 heavy (non-hydrogen) atoms. The molecule has 0 saturated carbocycles. The first kappa shape index (κ1) is 13.1. The first-order valence-electron chi connectivity index (χ1n) is 6.52. The Kier molecular flexibility index (Phi) is 2.99. The molecule has 2 heterocycles. The molecule has 0 bridgehead atoms. The number of amidine groups is 1. The Labute approximate surface area is 109 Å². The summed E-state index contributed by atoms with van der Waals surface area (Å²) in [6, 6.07) is 0.204. The molecule has 4 heteroatoms. The highest BCUT2D eigenvalue weighted by molar-refractivity contribution is 5.86. The van der Waals surface area contributed by atoms with Gasteiger partial charge in [-0.15, -0.1) is 0 Å². The van der Waals surface area contributed by atoms with Crippen LogP contribution in [0.3, 0.4) is 0 Å². The minimum absolute atomic E-state index is 0.0705. The third-order valence-corrected chi connectivity index (χ3v) is 3.96. The standard InChI is InChI=1S/C14H23N3O/c1-8-11-6-10(13(15)18)7-17(11)9(2)16-12(8)14(3,4)5/h10,12H,6-7H2,1-5H3,(H2,15,18)/t10-,12+/m1/s1. The van der Waals surface area contributed by atoms with Gasteiger partial charge in [0.05, 0.1) is 12.0 Å². The zero-order valence-electron chi connectivity index (χ0n) is 11.9. The lowest BCUT2D eigenvalue weighted by atomic mass is 9.81. The summed E-state index contributed by atoms with van der Waals surface area (Å²) in [4.78, 5) is 18.3. The number of allylic oxidation sites excluding steroid dienone is 1. The van der Waals surface area contributed by atoms with E-state index in [-0.39, 0.29) is 23.3 Å². The predicted octanol–water partition coefficient (Wildman–Crippen LogP) is 1.91. The number of aliphatic imine (C=N–C) groups is 1. The average molecular weight is 249 g/mol. The second-order valence-corrected chi connectivity index (χ2v) is 6.49. The van der Waals surface area contributed by atoms with Crippen LogP contribution in [0.2, 0.25) is 0 Å². The molecular weight excluding hydrogens is 226 g/mol. The minimum Gasteiger partial charge on any atom is -0.369 e. The van der Waals surface area contributed by atoms with Crippen LogP contribution in [0.5, 0.6) is 0 Å². The van der Waals surface area contributed by atoms with E-state index < -0.39 is 0 Å². The Balaban J connectivity index is 2.38. The van der Waals surface area contributed by atoms with Crippen molar-refractivity contribution in [2.45, 2.75) is 47.1 Å². The van der Waals surface area contributed by atoms with E-state index in [9.17, 15) is 4.79 Å². The number of nitrogens with two attached hydrogens (primary N) is 1. The van der Waals surface area contributed by atoms with Crippen molar-refractivity contribution in [2.75, 3.05) is 6.54 Å². The van der Waals surface area contributed by atoms with E-state index in [0.29, 0.717) is 6.54 Å². The van der Waals surface area contributed by atoms with E-state index in [1.54, 1.807) is 0 Å². The molecule has 1 amide bonds. The monoisotopic (exact) mass is 249 g/mol. The van der Waals surface area contributed by atoms with Gasteiger partial charge in [0.25, 0.3) is 0 Å². The Hall–Kier alpha value is -1.32. The summed E-state index contributed by atoms with van der Waals surface area (Å²) < 4.78 is 0. The number of hydrogen-bond donors (Lipinski definition) is 1. The average Bonchev–Trinajstić information content (AvgIpc) is 2.67. The maximum atomic E-state index is 11.4. The molecule has 2 aliphatic heterocycles. The SMILES string of the molecule is CC1=N[C@H](C(C)(C)C)C(C)=C2C[C@@H](C(N)=O)CN12. The third-order valence-electron chi connectivity index (χ3n) is 3.96. The zero-order valence-corrected chi connectivity index (χ0v) is 11.9. The number of amides is 1. The maximum absolute atomic E-state index is 11.4. The van der Waals surface area contributed by atoms with Gasteiger partial charge in [-0.2, -0.15) is 0 Å². The van der Waals surface area contributed by atoms with Crippen molar-refractivity contribution in [1.29, 1.82) is 0 Å². The van der Waals surface area contributed by atoms with E-state index in [1.165, 1.54) is 11.3 Å². The van der Waals surface area contributed by atoms with Crippen molar-refractivity contribution in [1.82, 2.24) is 4.90 Å². The van der Waals surface area contributed by atoms with Crippen LogP contribution in [-0.2, 0) is 4.79 Å². The fraction of sp³-hybridized carbons (Fsp3) is 0.714. The number of hydrogen-bond acceptors (Lipinski definition) is 3. The lowest BCUT2D eigenvalue weighted by molar-refractivity contribution is -0.121. The number of nitrogens with zero attached hydrogens (tertiary/aromatic N) is 2. The highest BCUT2D eigenvalue weighted by Gasteiger charge is 2.39.